The molecule has 0 N–H and O–H groups in total. The fourth-order valence-corrected chi connectivity index (χ4v) is 2.62. The number of nitrogens with zero attached hydrogens (tertiary/aromatic N) is 2. The Kier molecular flexibility index (Phi) is 4.20. The van der Waals surface area contributed by atoms with E-state index in [1.54, 1.807) is 12.3 Å². The minimum atomic E-state index is 0.455. The minimum Gasteiger partial charge on any atom is -0.360 e. The van der Waals surface area contributed by atoms with Crippen molar-refractivity contribution in [2.45, 2.75) is 13.8 Å². The van der Waals surface area contributed by atoms with Gasteiger partial charge in [0.2, 0.25) is 0 Å². The Morgan fingerprint density at radius 2 is 2.37 bits per heavy atom. The van der Waals surface area contributed by atoms with Gasteiger partial charge in [0.05, 0.1) is 16.2 Å². The smallest absolute Gasteiger partial charge is 0.144 e. The molecule has 0 radical (unpaired) electrons. The quantitative estimate of drug-likeness (QED) is 0.626. The molecule has 0 spiro atoms. The molecule has 3 nitrogen and oxygen atoms in total. The van der Waals surface area contributed by atoms with Crippen LogP contribution in [0.15, 0.2) is 33.3 Å². The Morgan fingerprint density at radius 1 is 1.58 bits per heavy atom. The lowest BCUT2D eigenvalue weighted by molar-refractivity contribution is 0.396. The molecule has 2 heterocycles. The Hall–Kier alpha value is -1.83. The molecule has 5 heteroatoms. The van der Waals surface area contributed by atoms with E-state index in [9.17, 15) is 0 Å². The van der Waals surface area contributed by atoms with Crippen molar-refractivity contribution in [2.24, 2.45) is 0 Å². The summed E-state index contributed by atoms with van der Waals surface area (Å²) in [5.41, 5.74) is 1.85. The molecule has 2 aromatic rings. The summed E-state index contributed by atoms with van der Waals surface area (Å²) in [7, 11) is 0. The normalized spacial score (nSPS) is 12.5. The summed E-state index contributed by atoms with van der Waals surface area (Å²) < 4.78 is 5.23. The van der Waals surface area contributed by atoms with E-state index in [2.05, 4.69) is 16.1 Å². The second-order valence-corrected chi connectivity index (χ2v) is 4.97. The van der Waals surface area contributed by atoms with Gasteiger partial charge in [-0.3, -0.25) is 0 Å². The number of hydrogen-bond acceptors (Lipinski definition) is 4. The average molecular weight is 291 g/mol. The topological polar surface area (TPSA) is 38.9 Å². The molecule has 0 atom stereocenters. The van der Waals surface area contributed by atoms with Crippen molar-refractivity contribution in [3.63, 3.8) is 0 Å². The van der Waals surface area contributed by atoms with Crippen molar-refractivity contribution in [3.8, 4) is 22.9 Å². The van der Waals surface area contributed by atoms with Gasteiger partial charge in [0.1, 0.15) is 16.5 Å². The molecule has 2 aromatic heterocycles. The van der Waals surface area contributed by atoms with E-state index >= 15 is 0 Å². The lowest BCUT2D eigenvalue weighted by Gasteiger charge is -2.00. The second kappa shape index (κ2) is 5.87. The highest BCUT2D eigenvalue weighted by Crippen LogP contribution is 2.34. The third-order valence-electron chi connectivity index (χ3n) is 2.44. The van der Waals surface area contributed by atoms with Crippen LogP contribution in [0.25, 0.3) is 16.1 Å². The van der Waals surface area contributed by atoms with Gasteiger partial charge in [-0.1, -0.05) is 28.8 Å². The fraction of sp³-hybridized carbons (Fsp3) is 0.143. The highest BCUT2D eigenvalue weighted by atomic mass is 35.5. The van der Waals surface area contributed by atoms with Crippen LogP contribution < -0.4 is 0 Å². The van der Waals surface area contributed by atoms with Crippen molar-refractivity contribution in [1.29, 1.82) is 0 Å². The van der Waals surface area contributed by atoms with Gasteiger partial charge in [0, 0.05) is 11.6 Å². The first-order valence-electron chi connectivity index (χ1n) is 5.54. The van der Waals surface area contributed by atoms with Crippen molar-refractivity contribution in [1.82, 2.24) is 10.1 Å². The van der Waals surface area contributed by atoms with Gasteiger partial charge < -0.3 is 4.52 Å². The molecule has 0 aliphatic carbocycles. The maximum atomic E-state index is 6.18. The third-order valence-corrected chi connectivity index (χ3v) is 3.55. The largest absolute Gasteiger partial charge is 0.360 e. The first kappa shape index (κ1) is 13.6. The van der Waals surface area contributed by atoms with Gasteiger partial charge in [-0.25, -0.2) is 4.98 Å². The van der Waals surface area contributed by atoms with E-state index < -0.39 is 0 Å². The molecule has 0 amide bonds. The van der Waals surface area contributed by atoms with E-state index in [1.807, 2.05) is 25.3 Å². The summed E-state index contributed by atoms with van der Waals surface area (Å²) in [6, 6.07) is 0. The fourth-order valence-electron chi connectivity index (χ4n) is 1.62. The van der Waals surface area contributed by atoms with Crippen molar-refractivity contribution in [2.75, 3.05) is 0 Å². The Balaban J connectivity index is 2.65. The SMILES string of the molecule is C#C/C(=C(Cl)\C=C/C)c1noc(C)c1-c1nccs1. The molecule has 19 heavy (non-hydrogen) atoms. The summed E-state index contributed by atoms with van der Waals surface area (Å²) >= 11 is 7.67. The Labute approximate surface area is 120 Å². The molecule has 2 rings (SSSR count). The molecule has 0 fully saturated rings. The first-order chi connectivity index (χ1) is 9.19. The highest BCUT2D eigenvalue weighted by molar-refractivity contribution is 7.13. The monoisotopic (exact) mass is 290 g/mol. The zero-order valence-corrected chi connectivity index (χ0v) is 12.0. The standard InChI is InChI=1S/C14H11ClN2OS/c1-4-6-11(15)10(5-2)13-12(9(3)18-17-13)14-16-7-8-19-14/h2,4,6-8H,1,3H3/b6-4-,11-10-. The van der Waals surface area contributed by atoms with Gasteiger partial charge in [0.25, 0.3) is 0 Å². The highest BCUT2D eigenvalue weighted by Gasteiger charge is 2.20. The van der Waals surface area contributed by atoms with Gasteiger partial charge >= 0.3 is 0 Å². The minimum absolute atomic E-state index is 0.455. The number of allylic oxidation sites excluding steroid dienone is 4. The van der Waals surface area contributed by atoms with E-state index in [1.165, 1.54) is 11.3 Å². The van der Waals surface area contributed by atoms with Crippen LogP contribution >= 0.6 is 22.9 Å². The first-order valence-corrected chi connectivity index (χ1v) is 6.80. The summed E-state index contributed by atoms with van der Waals surface area (Å²) in [4.78, 5) is 4.27. The zero-order chi connectivity index (χ0) is 13.8. The second-order valence-electron chi connectivity index (χ2n) is 3.67. The average Bonchev–Trinajstić information content (AvgIpc) is 3.00. The van der Waals surface area contributed by atoms with Gasteiger partial charge in [-0.2, -0.15) is 0 Å². The Bertz CT molecular complexity index is 675. The number of halogens is 1. The van der Waals surface area contributed by atoms with Crippen LogP contribution in [0.1, 0.15) is 18.4 Å². The number of aryl methyl sites for hydroxylation is 1. The summed E-state index contributed by atoms with van der Waals surface area (Å²) in [6.07, 6.45) is 10.8. The van der Waals surface area contributed by atoms with Crippen LogP contribution in [0, 0.1) is 19.3 Å². The molecular formula is C14H11ClN2OS. The maximum Gasteiger partial charge on any atom is 0.144 e. The van der Waals surface area contributed by atoms with Gasteiger partial charge in [0.15, 0.2) is 0 Å². The van der Waals surface area contributed by atoms with Crippen LogP contribution in [0.4, 0.5) is 0 Å². The molecule has 0 aliphatic rings. The number of terminal acetylenes is 1. The van der Waals surface area contributed by atoms with E-state index in [0.29, 0.717) is 22.1 Å². The van der Waals surface area contributed by atoms with Gasteiger partial charge in [-0.05, 0) is 19.9 Å². The number of rotatable bonds is 3. The summed E-state index contributed by atoms with van der Waals surface area (Å²) in [6.45, 7) is 3.69. The van der Waals surface area contributed by atoms with Crippen molar-refractivity contribution in [3.05, 3.63) is 40.2 Å². The number of hydrogen-bond donors (Lipinski definition) is 0. The molecule has 0 saturated heterocycles. The molecule has 0 saturated carbocycles. The molecule has 0 aliphatic heterocycles. The number of thiazole rings is 1. The van der Waals surface area contributed by atoms with Gasteiger partial charge in [-0.15, -0.1) is 17.8 Å². The Morgan fingerprint density at radius 3 is 2.95 bits per heavy atom. The van der Waals surface area contributed by atoms with Crippen LogP contribution in [-0.4, -0.2) is 10.1 Å². The molecule has 0 unspecified atom stereocenters. The van der Waals surface area contributed by atoms with Crippen LogP contribution in [0.5, 0.6) is 0 Å². The third kappa shape index (κ3) is 2.62. The van der Waals surface area contributed by atoms with Crippen LogP contribution in [0.3, 0.4) is 0 Å². The van der Waals surface area contributed by atoms with Crippen molar-refractivity contribution < 1.29 is 4.52 Å². The lowest BCUT2D eigenvalue weighted by Crippen LogP contribution is -1.88. The molecular weight excluding hydrogens is 280 g/mol. The van der Waals surface area contributed by atoms with Crippen LogP contribution in [-0.2, 0) is 0 Å². The van der Waals surface area contributed by atoms with Crippen molar-refractivity contribution >= 4 is 28.5 Å². The predicted molar refractivity (Wildman–Crippen MR) is 78.8 cm³/mol. The van der Waals surface area contributed by atoms with E-state index in [4.69, 9.17) is 22.5 Å². The molecule has 0 bridgehead atoms. The predicted octanol–water partition coefficient (Wildman–Crippen LogP) is 4.27. The van der Waals surface area contributed by atoms with Crippen LogP contribution in [0.2, 0.25) is 0 Å². The van der Waals surface area contributed by atoms with E-state index in [0.717, 1.165) is 10.6 Å². The summed E-state index contributed by atoms with van der Waals surface area (Å²) in [5.74, 6) is 3.24. The molecule has 96 valence electrons. The lowest BCUT2D eigenvalue weighted by atomic mass is 10.1. The number of aromatic nitrogens is 2. The zero-order valence-electron chi connectivity index (χ0n) is 10.5. The molecule has 0 aromatic carbocycles. The van der Waals surface area contributed by atoms with E-state index in [-0.39, 0.29) is 0 Å². The summed E-state index contributed by atoms with van der Waals surface area (Å²) in [5, 5.41) is 7.17. The maximum absolute atomic E-state index is 6.18.